The summed E-state index contributed by atoms with van der Waals surface area (Å²) < 4.78 is 0. The van der Waals surface area contributed by atoms with E-state index in [0.717, 1.165) is 5.69 Å². The molecule has 70 valence electrons. The fourth-order valence-corrected chi connectivity index (χ4v) is 1.83. The van der Waals surface area contributed by atoms with Crippen LogP contribution < -0.4 is 10.6 Å². The van der Waals surface area contributed by atoms with Crippen molar-refractivity contribution in [2.45, 2.75) is 26.3 Å². The van der Waals surface area contributed by atoms with Crippen molar-refractivity contribution in [3.05, 3.63) is 23.8 Å². The lowest BCUT2D eigenvalue weighted by molar-refractivity contribution is 0.480. The predicted molar refractivity (Wildman–Crippen MR) is 57.0 cm³/mol. The number of nitrogens with zero attached hydrogens (tertiary/aromatic N) is 1. The summed E-state index contributed by atoms with van der Waals surface area (Å²) in [5, 5.41) is 0. The SMILES string of the molecule is Cc1c(N)cccc1N1CCC1C. The molecule has 1 saturated heterocycles. The Morgan fingerprint density at radius 1 is 1.46 bits per heavy atom. The molecule has 1 unspecified atom stereocenters. The molecule has 0 saturated carbocycles. The van der Waals surface area contributed by atoms with Gasteiger partial charge in [-0.2, -0.15) is 0 Å². The van der Waals surface area contributed by atoms with Crippen LogP contribution in [-0.2, 0) is 0 Å². The van der Waals surface area contributed by atoms with Crippen molar-refractivity contribution in [2.24, 2.45) is 0 Å². The smallest absolute Gasteiger partial charge is 0.0419 e. The molecule has 0 aliphatic carbocycles. The maximum absolute atomic E-state index is 5.86. The highest BCUT2D eigenvalue weighted by atomic mass is 15.2. The fourth-order valence-electron chi connectivity index (χ4n) is 1.83. The lowest BCUT2D eigenvalue weighted by atomic mass is 10.0. The minimum Gasteiger partial charge on any atom is -0.398 e. The highest BCUT2D eigenvalue weighted by Gasteiger charge is 2.24. The van der Waals surface area contributed by atoms with E-state index in [1.54, 1.807) is 0 Å². The van der Waals surface area contributed by atoms with Crippen molar-refractivity contribution < 1.29 is 0 Å². The maximum Gasteiger partial charge on any atom is 0.0419 e. The molecule has 1 atom stereocenters. The monoisotopic (exact) mass is 176 g/mol. The third-order valence-electron chi connectivity index (χ3n) is 2.98. The van der Waals surface area contributed by atoms with Crippen LogP contribution in [0.25, 0.3) is 0 Å². The van der Waals surface area contributed by atoms with Gasteiger partial charge in [-0.3, -0.25) is 0 Å². The first-order valence-electron chi connectivity index (χ1n) is 4.82. The Morgan fingerprint density at radius 2 is 2.23 bits per heavy atom. The zero-order valence-electron chi connectivity index (χ0n) is 8.25. The Morgan fingerprint density at radius 3 is 2.77 bits per heavy atom. The van der Waals surface area contributed by atoms with E-state index in [0.29, 0.717) is 6.04 Å². The van der Waals surface area contributed by atoms with Crippen molar-refractivity contribution in [1.29, 1.82) is 0 Å². The van der Waals surface area contributed by atoms with Crippen LogP contribution in [-0.4, -0.2) is 12.6 Å². The molecule has 2 heteroatoms. The molecule has 2 N–H and O–H groups in total. The Balaban J connectivity index is 2.34. The van der Waals surface area contributed by atoms with Crippen molar-refractivity contribution >= 4 is 11.4 Å². The van der Waals surface area contributed by atoms with E-state index in [1.165, 1.54) is 24.2 Å². The van der Waals surface area contributed by atoms with Gasteiger partial charge in [0.05, 0.1) is 0 Å². The first kappa shape index (κ1) is 8.42. The van der Waals surface area contributed by atoms with Crippen LogP contribution in [0.2, 0.25) is 0 Å². The van der Waals surface area contributed by atoms with Crippen LogP contribution in [0.15, 0.2) is 18.2 Å². The molecule has 2 rings (SSSR count). The predicted octanol–water partition coefficient (Wildman–Crippen LogP) is 2.18. The van der Waals surface area contributed by atoms with E-state index in [4.69, 9.17) is 5.73 Å². The summed E-state index contributed by atoms with van der Waals surface area (Å²) in [5.41, 5.74) is 9.28. The van der Waals surface area contributed by atoms with E-state index in [9.17, 15) is 0 Å². The van der Waals surface area contributed by atoms with Crippen molar-refractivity contribution in [1.82, 2.24) is 0 Å². The highest BCUT2D eigenvalue weighted by Crippen LogP contribution is 2.31. The summed E-state index contributed by atoms with van der Waals surface area (Å²) in [6, 6.07) is 6.83. The van der Waals surface area contributed by atoms with Gasteiger partial charge in [-0.1, -0.05) is 6.07 Å². The molecule has 1 heterocycles. The van der Waals surface area contributed by atoms with Crippen LogP contribution in [0, 0.1) is 6.92 Å². The molecule has 13 heavy (non-hydrogen) atoms. The van der Waals surface area contributed by atoms with E-state index in [2.05, 4.69) is 24.8 Å². The molecule has 1 aliphatic rings. The van der Waals surface area contributed by atoms with Gasteiger partial charge in [-0.25, -0.2) is 0 Å². The number of rotatable bonds is 1. The molecule has 0 radical (unpaired) electrons. The zero-order chi connectivity index (χ0) is 9.42. The minimum atomic E-state index is 0.681. The summed E-state index contributed by atoms with van der Waals surface area (Å²) in [4.78, 5) is 2.41. The lowest BCUT2D eigenvalue weighted by Gasteiger charge is -2.41. The van der Waals surface area contributed by atoms with Gasteiger partial charge in [0.1, 0.15) is 0 Å². The molecule has 1 fully saturated rings. The second-order valence-electron chi connectivity index (χ2n) is 3.82. The van der Waals surface area contributed by atoms with Crippen molar-refractivity contribution in [2.75, 3.05) is 17.2 Å². The molecule has 0 aromatic heterocycles. The fraction of sp³-hybridized carbons (Fsp3) is 0.455. The summed E-state index contributed by atoms with van der Waals surface area (Å²) in [7, 11) is 0. The average molecular weight is 176 g/mol. The molecule has 2 nitrogen and oxygen atoms in total. The standard InChI is InChI=1S/C11H16N2/c1-8-6-7-13(8)11-5-3-4-10(12)9(11)2/h3-5,8H,6-7,12H2,1-2H3. The third-order valence-corrected chi connectivity index (χ3v) is 2.98. The molecule has 1 aliphatic heterocycles. The summed E-state index contributed by atoms with van der Waals surface area (Å²) in [6.45, 7) is 5.52. The third kappa shape index (κ3) is 1.26. The van der Waals surface area contributed by atoms with E-state index in [-0.39, 0.29) is 0 Å². The summed E-state index contributed by atoms with van der Waals surface area (Å²) in [6.07, 6.45) is 1.30. The first-order valence-corrected chi connectivity index (χ1v) is 4.82. The van der Waals surface area contributed by atoms with Crippen molar-refractivity contribution in [3.63, 3.8) is 0 Å². The van der Waals surface area contributed by atoms with Gasteiger partial charge >= 0.3 is 0 Å². The average Bonchev–Trinajstić information content (AvgIpc) is 2.10. The number of benzene rings is 1. The Kier molecular flexibility index (Phi) is 1.91. The Bertz CT molecular complexity index is 320. The number of hydrogen-bond acceptors (Lipinski definition) is 2. The van der Waals surface area contributed by atoms with Crippen molar-refractivity contribution in [3.8, 4) is 0 Å². The molecule has 1 aromatic carbocycles. The van der Waals surface area contributed by atoms with Crippen LogP contribution in [0.3, 0.4) is 0 Å². The highest BCUT2D eigenvalue weighted by molar-refractivity contribution is 5.65. The van der Waals surface area contributed by atoms with E-state index >= 15 is 0 Å². The van der Waals surface area contributed by atoms with Gasteiger partial charge in [-0.15, -0.1) is 0 Å². The second kappa shape index (κ2) is 2.95. The van der Waals surface area contributed by atoms with Crippen LogP contribution in [0.4, 0.5) is 11.4 Å². The number of nitrogens with two attached hydrogens (primary N) is 1. The topological polar surface area (TPSA) is 29.3 Å². The summed E-state index contributed by atoms with van der Waals surface area (Å²) >= 11 is 0. The van der Waals surface area contributed by atoms with Crippen LogP contribution in [0.5, 0.6) is 0 Å². The molecular formula is C11H16N2. The lowest BCUT2D eigenvalue weighted by Crippen LogP contribution is -2.46. The zero-order valence-corrected chi connectivity index (χ0v) is 8.25. The van der Waals surface area contributed by atoms with Gasteiger partial charge in [0, 0.05) is 24.0 Å². The molecule has 0 amide bonds. The van der Waals surface area contributed by atoms with E-state index < -0.39 is 0 Å². The minimum absolute atomic E-state index is 0.681. The number of anilines is 2. The normalized spacial score (nSPS) is 21.4. The van der Waals surface area contributed by atoms with E-state index in [1.807, 2.05) is 12.1 Å². The number of hydrogen-bond donors (Lipinski definition) is 1. The molecular weight excluding hydrogens is 160 g/mol. The van der Waals surface area contributed by atoms with Gasteiger partial charge in [0.15, 0.2) is 0 Å². The first-order chi connectivity index (χ1) is 6.20. The summed E-state index contributed by atoms with van der Waals surface area (Å²) in [5.74, 6) is 0. The van der Waals surface area contributed by atoms with Crippen LogP contribution >= 0.6 is 0 Å². The van der Waals surface area contributed by atoms with Gasteiger partial charge < -0.3 is 10.6 Å². The molecule has 0 spiro atoms. The van der Waals surface area contributed by atoms with Gasteiger partial charge in [-0.05, 0) is 38.0 Å². The molecule has 0 bridgehead atoms. The Hall–Kier alpha value is -1.18. The quantitative estimate of drug-likeness (QED) is 0.664. The Labute approximate surface area is 79.4 Å². The van der Waals surface area contributed by atoms with Gasteiger partial charge in [0.25, 0.3) is 0 Å². The van der Waals surface area contributed by atoms with Crippen LogP contribution in [0.1, 0.15) is 18.9 Å². The maximum atomic E-state index is 5.86. The van der Waals surface area contributed by atoms with Gasteiger partial charge in [0.2, 0.25) is 0 Å². The second-order valence-corrected chi connectivity index (χ2v) is 3.82. The number of nitrogen functional groups attached to an aromatic ring is 1. The largest absolute Gasteiger partial charge is 0.398 e. The molecule has 1 aromatic rings.